The summed E-state index contributed by atoms with van der Waals surface area (Å²) in [4.78, 5) is 38.2. The Morgan fingerprint density at radius 3 is 2.61 bits per heavy atom. The van der Waals surface area contributed by atoms with Gasteiger partial charge in [-0.15, -0.1) is 11.3 Å². The highest BCUT2D eigenvalue weighted by Crippen LogP contribution is 2.26. The van der Waals surface area contributed by atoms with E-state index < -0.39 is 11.9 Å². The number of carbonyl (C=O) groups excluding carboxylic acids is 3. The van der Waals surface area contributed by atoms with E-state index in [0.717, 1.165) is 28.7 Å². The highest BCUT2D eigenvalue weighted by Gasteiger charge is 2.21. The monoisotopic (exact) mass is 394 g/mol. The number of nitrogens with one attached hydrogen (secondary N) is 1. The number of carbonyl (C=O) groups is 3. The first-order valence-electron chi connectivity index (χ1n) is 8.96. The van der Waals surface area contributed by atoms with Crippen molar-refractivity contribution in [3.05, 3.63) is 59.5 Å². The number of thiophene rings is 1. The molecule has 2 aromatic carbocycles. The molecule has 2 amide bonds. The minimum Gasteiger partial charge on any atom is -0.451 e. The number of ether oxygens (including phenoxy) is 1. The van der Waals surface area contributed by atoms with Crippen molar-refractivity contribution in [2.24, 2.45) is 0 Å². The minimum absolute atomic E-state index is 0.116. The summed E-state index contributed by atoms with van der Waals surface area (Å²) in [5.41, 5.74) is 1.40. The molecule has 142 valence electrons. The summed E-state index contributed by atoms with van der Waals surface area (Å²) in [7, 11) is 0. The predicted octanol–water partition coefficient (Wildman–Crippen LogP) is 3.82. The second-order valence-electron chi connectivity index (χ2n) is 6.47. The third kappa shape index (κ3) is 3.89. The van der Waals surface area contributed by atoms with Crippen LogP contribution >= 0.6 is 11.3 Å². The molecule has 6 nitrogen and oxygen atoms in total. The Morgan fingerprint density at radius 1 is 1.11 bits per heavy atom. The van der Waals surface area contributed by atoms with Gasteiger partial charge < -0.3 is 15.0 Å². The van der Waals surface area contributed by atoms with Crippen molar-refractivity contribution in [3.63, 3.8) is 0 Å². The lowest BCUT2D eigenvalue weighted by Crippen LogP contribution is -2.23. The maximum Gasteiger partial charge on any atom is 0.348 e. The molecule has 1 aliphatic rings. The summed E-state index contributed by atoms with van der Waals surface area (Å²) < 4.78 is 6.11. The van der Waals surface area contributed by atoms with Crippen LogP contribution in [0.15, 0.2) is 54.6 Å². The van der Waals surface area contributed by atoms with Crippen molar-refractivity contribution in [1.29, 1.82) is 0 Å². The van der Waals surface area contributed by atoms with Gasteiger partial charge in [0.2, 0.25) is 5.91 Å². The number of benzene rings is 2. The van der Waals surface area contributed by atoms with Gasteiger partial charge in [-0.1, -0.05) is 18.2 Å². The van der Waals surface area contributed by atoms with E-state index in [1.165, 1.54) is 11.3 Å². The first-order chi connectivity index (χ1) is 13.6. The molecule has 0 aliphatic carbocycles. The number of anilines is 2. The average molecular weight is 394 g/mol. The Hall–Kier alpha value is -3.19. The fourth-order valence-electron chi connectivity index (χ4n) is 3.13. The Morgan fingerprint density at radius 2 is 1.89 bits per heavy atom. The molecular weight excluding hydrogens is 376 g/mol. The molecule has 1 saturated heterocycles. The van der Waals surface area contributed by atoms with Crippen LogP contribution in [-0.4, -0.2) is 30.9 Å². The van der Waals surface area contributed by atoms with Crippen LogP contribution < -0.4 is 10.2 Å². The molecule has 0 radical (unpaired) electrons. The highest BCUT2D eigenvalue weighted by atomic mass is 32.1. The minimum atomic E-state index is -0.515. The van der Waals surface area contributed by atoms with Crippen LogP contribution in [0.2, 0.25) is 0 Å². The SMILES string of the molecule is O=C(COC(=O)c1cc2ccccc2s1)Nc1ccc(N2CCCC2=O)cc1. The lowest BCUT2D eigenvalue weighted by molar-refractivity contribution is -0.119. The fraction of sp³-hybridized carbons (Fsp3) is 0.190. The Labute approximate surface area is 165 Å². The van der Waals surface area contributed by atoms with Crippen molar-refractivity contribution >= 4 is 50.6 Å². The molecule has 3 aromatic rings. The molecule has 0 bridgehead atoms. The largest absolute Gasteiger partial charge is 0.451 e. The van der Waals surface area contributed by atoms with Crippen molar-refractivity contribution in [2.75, 3.05) is 23.4 Å². The average Bonchev–Trinajstić information content (AvgIpc) is 3.33. The van der Waals surface area contributed by atoms with Crippen molar-refractivity contribution in [1.82, 2.24) is 0 Å². The lowest BCUT2D eigenvalue weighted by atomic mass is 10.2. The molecule has 1 aromatic heterocycles. The van der Waals surface area contributed by atoms with Gasteiger partial charge in [-0.3, -0.25) is 9.59 Å². The smallest absolute Gasteiger partial charge is 0.348 e. The van der Waals surface area contributed by atoms with Crippen molar-refractivity contribution in [3.8, 4) is 0 Å². The summed E-state index contributed by atoms with van der Waals surface area (Å²) in [6.07, 6.45) is 1.44. The molecule has 1 aliphatic heterocycles. The van der Waals surface area contributed by atoms with Crippen molar-refractivity contribution < 1.29 is 19.1 Å². The van der Waals surface area contributed by atoms with Gasteiger partial charge >= 0.3 is 5.97 Å². The zero-order chi connectivity index (χ0) is 19.5. The van der Waals surface area contributed by atoms with Crippen LogP contribution in [0.4, 0.5) is 11.4 Å². The second kappa shape index (κ2) is 7.82. The van der Waals surface area contributed by atoms with Crippen LogP contribution in [0.25, 0.3) is 10.1 Å². The van der Waals surface area contributed by atoms with E-state index in [4.69, 9.17) is 4.74 Å². The van der Waals surface area contributed by atoms with Gasteiger partial charge in [0.25, 0.3) is 5.91 Å². The van der Waals surface area contributed by atoms with Gasteiger partial charge in [-0.25, -0.2) is 4.79 Å². The van der Waals surface area contributed by atoms with Gasteiger partial charge in [0.15, 0.2) is 6.61 Å². The Balaban J connectivity index is 1.31. The number of nitrogens with zero attached hydrogens (tertiary/aromatic N) is 1. The van der Waals surface area contributed by atoms with E-state index in [1.807, 2.05) is 24.3 Å². The Bertz CT molecular complexity index is 1010. The van der Waals surface area contributed by atoms with E-state index in [-0.39, 0.29) is 12.5 Å². The molecule has 1 fully saturated rings. The zero-order valence-electron chi connectivity index (χ0n) is 15.0. The molecule has 28 heavy (non-hydrogen) atoms. The van der Waals surface area contributed by atoms with E-state index in [0.29, 0.717) is 17.0 Å². The highest BCUT2D eigenvalue weighted by molar-refractivity contribution is 7.20. The van der Waals surface area contributed by atoms with Gasteiger partial charge in [0.05, 0.1) is 0 Å². The van der Waals surface area contributed by atoms with Crippen LogP contribution in [-0.2, 0) is 14.3 Å². The summed E-state index contributed by atoms with van der Waals surface area (Å²) in [6.45, 7) is 0.359. The standard InChI is InChI=1S/C21H18N2O4S/c24-19(13-27-21(26)18-12-14-4-1-2-5-17(14)28-18)22-15-7-9-16(10-8-15)23-11-3-6-20(23)25/h1-2,4-5,7-10,12H,3,6,11,13H2,(H,22,24). The van der Waals surface area contributed by atoms with Crippen LogP contribution in [0, 0.1) is 0 Å². The molecule has 4 rings (SSSR count). The normalized spacial score (nSPS) is 13.7. The molecule has 0 spiro atoms. The van der Waals surface area contributed by atoms with Crippen LogP contribution in [0.1, 0.15) is 22.5 Å². The number of hydrogen-bond donors (Lipinski definition) is 1. The predicted molar refractivity (Wildman–Crippen MR) is 109 cm³/mol. The third-order valence-electron chi connectivity index (χ3n) is 4.50. The maximum absolute atomic E-state index is 12.2. The topological polar surface area (TPSA) is 75.7 Å². The number of esters is 1. The molecule has 2 heterocycles. The Kier molecular flexibility index (Phi) is 5.08. The molecule has 0 atom stereocenters. The number of hydrogen-bond acceptors (Lipinski definition) is 5. The molecule has 7 heteroatoms. The first kappa shape index (κ1) is 18.2. The first-order valence-corrected chi connectivity index (χ1v) is 9.78. The molecule has 0 saturated carbocycles. The molecule has 1 N–H and O–H groups in total. The quantitative estimate of drug-likeness (QED) is 0.668. The van der Waals surface area contributed by atoms with E-state index >= 15 is 0 Å². The molecule has 0 unspecified atom stereocenters. The van der Waals surface area contributed by atoms with Gasteiger partial charge in [0, 0.05) is 29.0 Å². The second-order valence-corrected chi connectivity index (χ2v) is 7.55. The summed E-state index contributed by atoms with van der Waals surface area (Å²) in [6, 6.07) is 16.5. The van der Waals surface area contributed by atoms with Crippen molar-refractivity contribution in [2.45, 2.75) is 12.8 Å². The third-order valence-corrected chi connectivity index (χ3v) is 5.59. The van der Waals surface area contributed by atoms with Crippen LogP contribution in [0.5, 0.6) is 0 Å². The van der Waals surface area contributed by atoms with E-state index in [9.17, 15) is 14.4 Å². The van der Waals surface area contributed by atoms with E-state index in [1.54, 1.807) is 35.2 Å². The number of amides is 2. The van der Waals surface area contributed by atoms with Gasteiger partial charge in [0.1, 0.15) is 4.88 Å². The summed E-state index contributed by atoms with van der Waals surface area (Å²) in [5.74, 6) is -0.816. The fourth-order valence-corrected chi connectivity index (χ4v) is 4.08. The van der Waals surface area contributed by atoms with Gasteiger partial charge in [-0.2, -0.15) is 0 Å². The van der Waals surface area contributed by atoms with Gasteiger partial charge in [-0.05, 0) is 48.2 Å². The summed E-state index contributed by atoms with van der Waals surface area (Å²) in [5, 5.41) is 3.66. The van der Waals surface area contributed by atoms with Crippen LogP contribution in [0.3, 0.4) is 0 Å². The lowest BCUT2D eigenvalue weighted by Gasteiger charge is -2.16. The zero-order valence-corrected chi connectivity index (χ0v) is 15.8. The number of rotatable bonds is 5. The summed E-state index contributed by atoms with van der Waals surface area (Å²) >= 11 is 1.34. The number of fused-ring (bicyclic) bond motifs is 1. The molecular formula is C21H18N2O4S. The maximum atomic E-state index is 12.2. The van der Waals surface area contributed by atoms with E-state index in [2.05, 4.69) is 5.32 Å².